The number of nitrogens with one attached hydrogen (secondary N) is 2. The Morgan fingerprint density at radius 1 is 1.00 bits per heavy atom. The van der Waals surface area contributed by atoms with Gasteiger partial charge in [0.25, 0.3) is 5.91 Å². The van der Waals surface area contributed by atoms with Gasteiger partial charge in [0, 0.05) is 125 Å². The highest BCUT2D eigenvalue weighted by molar-refractivity contribution is 7.10. The number of hydrogen-bond donors (Lipinski definition) is 2. The molecular formula is C57H77N9O9S. The number of cyclic esters (lactones) is 1. The number of methoxy groups -OCH3 is 1. The number of ether oxygens (including phenoxy) is 6. The molecule has 1 spiro atoms. The molecule has 2 N–H and O–H groups in total. The molecule has 1 aromatic carbocycles. The van der Waals surface area contributed by atoms with Gasteiger partial charge in [0.15, 0.2) is 0 Å². The number of rotatable bonds is 12. The molecule has 410 valence electrons. The first kappa shape index (κ1) is 52.1. The lowest BCUT2D eigenvalue weighted by atomic mass is 9.84. The maximum absolute atomic E-state index is 15.2. The third kappa shape index (κ3) is 10.6. The molecule has 6 bridgehead atoms. The predicted octanol–water partition coefficient (Wildman–Crippen LogP) is 6.20. The lowest BCUT2D eigenvalue weighted by molar-refractivity contribution is -0.167. The number of likely N-dealkylation sites (tertiary alicyclic amines) is 1. The average molecular weight is 1060 g/mol. The van der Waals surface area contributed by atoms with E-state index in [2.05, 4.69) is 80.4 Å². The van der Waals surface area contributed by atoms with Gasteiger partial charge in [-0.3, -0.25) is 34.2 Å². The molecule has 12 rings (SSSR count). The molecule has 3 aromatic heterocycles. The SMILES string of the molecule is CO[C@@H](C)c1ncc(N2CCN(C3CC3)CC2)cc1-c1c2c3cc(ccc3n1CCOC1CCOCC1)-c1csc(n1)[C@@H](N1CC3(CCCO3)C1)[C@H](NC(=O)[C@H]1C[C@@H](C)O1)C(=O)N1CCC[C@H](N1)C(=O)OCC(C)(C)C2. The molecule has 19 heteroatoms. The highest BCUT2D eigenvalue weighted by Gasteiger charge is 2.53. The Balaban J connectivity index is 1.00. The van der Waals surface area contributed by atoms with Gasteiger partial charge in [0.1, 0.15) is 23.2 Å². The highest BCUT2D eigenvalue weighted by Crippen LogP contribution is 2.46. The van der Waals surface area contributed by atoms with Crippen molar-refractivity contribution in [3.05, 3.63) is 52.1 Å². The van der Waals surface area contributed by atoms with Crippen LogP contribution in [0.2, 0.25) is 0 Å². The summed E-state index contributed by atoms with van der Waals surface area (Å²) in [6.07, 6.45) is 9.56. The number of thiazole rings is 1. The first-order valence-corrected chi connectivity index (χ1v) is 29.1. The van der Waals surface area contributed by atoms with E-state index in [1.54, 1.807) is 7.11 Å². The van der Waals surface area contributed by atoms with Gasteiger partial charge in [-0.05, 0) is 95.4 Å². The molecule has 7 aliphatic heterocycles. The van der Waals surface area contributed by atoms with Crippen molar-refractivity contribution in [1.29, 1.82) is 0 Å². The number of carbonyl (C=O) groups excluding carboxylic acids is 3. The Kier molecular flexibility index (Phi) is 14.8. The lowest BCUT2D eigenvalue weighted by Crippen LogP contribution is -2.68. The van der Waals surface area contributed by atoms with Crippen LogP contribution in [0.1, 0.15) is 114 Å². The van der Waals surface area contributed by atoms with Crippen LogP contribution in [0, 0.1) is 5.41 Å². The van der Waals surface area contributed by atoms with E-state index in [1.165, 1.54) is 29.2 Å². The van der Waals surface area contributed by atoms with Gasteiger partial charge in [-0.15, -0.1) is 11.3 Å². The van der Waals surface area contributed by atoms with E-state index in [0.29, 0.717) is 83.3 Å². The van der Waals surface area contributed by atoms with Gasteiger partial charge >= 0.3 is 5.97 Å². The number of pyridine rings is 1. The number of nitrogens with zero attached hydrogens (tertiary/aromatic N) is 7. The van der Waals surface area contributed by atoms with E-state index in [-0.39, 0.29) is 42.3 Å². The number of esters is 1. The quantitative estimate of drug-likeness (QED) is 0.153. The van der Waals surface area contributed by atoms with Gasteiger partial charge < -0.3 is 43.2 Å². The molecular weight excluding hydrogens is 987 g/mol. The molecule has 1 aliphatic carbocycles. The number of aromatic nitrogens is 3. The number of piperazine rings is 1. The normalized spacial score (nSPS) is 28.0. The zero-order valence-corrected chi connectivity index (χ0v) is 45.9. The third-order valence-electron chi connectivity index (χ3n) is 17.4. The van der Waals surface area contributed by atoms with Crippen LogP contribution in [0.3, 0.4) is 0 Å². The van der Waals surface area contributed by atoms with Gasteiger partial charge in [-0.25, -0.2) is 10.4 Å². The number of hydrogen-bond acceptors (Lipinski definition) is 16. The largest absolute Gasteiger partial charge is 0.464 e. The van der Waals surface area contributed by atoms with E-state index in [0.717, 1.165) is 108 Å². The maximum atomic E-state index is 15.2. The Hall–Kier alpha value is -4.57. The Bertz CT molecular complexity index is 2760. The van der Waals surface area contributed by atoms with Crippen LogP contribution in [0.5, 0.6) is 0 Å². The summed E-state index contributed by atoms with van der Waals surface area (Å²) in [5.41, 5.74) is 10.3. The van der Waals surface area contributed by atoms with Crippen molar-refractivity contribution in [2.24, 2.45) is 5.41 Å². The summed E-state index contributed by atoms with van der Waals surface area (Å²) < 4.78 is 39.5. The highest BCUT2D eigenvalue weighted by atomic mass is 32.1. The van der Waals surface area contributed by atoms with E-state index >= 15 is 4.79 Å². The van der Waals surface area contributed by atoms with Crippen molar-refractivity contribution in [2.75, 3.05) is 90.9 Å². The summed E-state index contributed by atoms with van der Waals surface area (Å²) in [5, 5.41) is 8.56. The van der Waals surface area contributed by atoms with Crippen LogP contribution in [-0.2, 0) is 55.8 Å². The summed E-state index contributed by atoms with van der Waals surface area (Å²) >= 11 is 1.50. The van der Waals surface area contributed by atoms with Crippen molar-refractivity contribution < 1.29 is 42.8 Å². The van der Waals surface area contributed by atoms with Crippen LogP contribution in [0.4, 0.5) is 5.69 Å². The third-order valence-corrected chi connectivity index (χ3v) is 18.3. The molecule has 4 aromatic rings. The van der Waals surface area contributed by atoms with Crippen LogP contribution in [0.15, 0.2) is 35.8 Å². The van der Waals surface area contributed by atoms with Gasteiger partial charge in [-0.1, -0.05) is 19.9 Å². The maximum Gasteiger partial charge on any atom is 0.324 e. The standard InChI is InChI=1S/C57H77N9O9S/c1-35-26-47(75-35)52(67)60-49-51(64-32-57(33-64)15-7-22-74-57)53-59-45(31-76-53)37-9-12-46-41(27-37)43(29-56(3,4)34-73-55(69)44-8-6-16-66(61-44)54(49)68)50(65(46)21-25-72-40-13-23-71-24-14-40)42-28-39(30-58-48(42)36(2)70-5)63-19-17-62(18-20-63)38-10-11-38/h9,12,27-28,30-31,35-36,38,40,44,47,49,51,61H,6-8,10-11,13-26,29,32-34H2,1-5H3,(H,60,67)/t35-,36+,44+,47-,49+,51+/m1/s1. The lowest BCUT2D eigenvalue weighted by Gasteiger charge is -2.52. The summed E-state index contributed by atoms with van der Waals surface area (Å²) in [4.78, 5) is 61.8. The molecule has 10 heterocycles. The van der Waals surface area contributed by atoms with Gasteiger partial charge in [0.05, 0.1) is 72.1 Å². The zero-order chi connectivity index (χ0) is 52.3. The Labute approximate surface area is 450 Å². The molecule has 6 atom stereocenters. The zero-order valence-electron chi connectivity index (χ0n) is 45.1. The van der Waals surface area contributed by atoms with Crippen LogP contribution >= 0.6 is 11.3 Å². The van der Waals surface area contributed by atoms with Crippen LogP contribution < -0.4 is 15.6 Å². The van der Waals surface area contributed by atoms with E-state index < -0.39 is 35.6 Å². The smallest absolute Gasteiger partial charge is 0.324 e. The summed E-state index contributed by atoms with van der Waals surface area (Å²) in [6, 6.07) is 7.25. The van der Waals surface area contributed by atoms with E-state index in [4.69, 9.17) is 38.4 Å². The second kappa shape index (κ2) is 21.6. The molecule has 0 unspecified atom stereocenters. The number of anilines is 1. The summed E-state index contributed by atoms with van der Waals surface area (Å²) in [6.45, 7) is 17.1. The minimum absolute atomic E-state index is 0.0452. The fourth-order valence-corrected chi connectivity index (χ4v) is 13.9. The molecule has 6 saturated heterocycles. The van der Waals surface area contributed by atoms with Crippen molar-refractivity contribution in [3.63, 3.8) is 0 Å². The van der Waals surface area contributed by atoms with Crippen molar-refractivity contribution in [1.82, 2.24) is 40.1 Å². The monoisotopic (exact) mass is 1060 g/mol. The van der Waals surface area contributed by atoms with E-state index in [9.17, 15) is 9.59 Å². The number of fused-ring (bicyclic) bond motifs is 6. The first-order chi connectivity index (χ1) is 36.8. The van der Waals surface area contributed by atoms with Crippen molar-refractivity contribution >= 4 is 45.7 Å². The minimum Gasteiger partial charge on any atom is -0.464 e. The first-order valence-electron chi connectivity index (χ1n) is 28.2. The van der Waals surface area contributed by atoms with Crippen LogP contribution in [0.25, 0.3) is 33.4 Å². The molecule has 0 radical (unpaired) electrons. The Morgan fingerprint density at radius 2 is 1.80 bits per heavy atom. The van der Waals surface area contributed by atoms with Crippen molar-refractivity contribution in [3.8, 4) is 22.5 Å². The second-order valence-corrected chi connectivity index (χ2v) is 24.5. The van der Waals surface area contributed by atoms with Crippen LogP contribution in [-0.4, -0.2) is 175 Å². The topological polar surface area (TPSA) is 174 Å². The fourth-order valence-electron chi connectivity index (χ4n) is 12.9. The summed E-state index contributed by atoms with van der Waals surface area (Å²) in [5.74, 6) is -1.09. The summed E-state index contributed by atoms with van der Waals surface area (Å²) in [7, 11) is 1.74. The molecule has 8 aliphatic rings. The number of carbonyl (C=O) groups is 3. The number of hydrazine groups is 1. The van der Waals surface area contributed by atoms with E-state index in [1.807, 2.05) is 13.1 Å². The fraction of sp³-hybridized carbons (Fsp3) is 0.667. The predicted molar refractivity (Wildman–Crippen MR) is 288 cm³/mol. The minimum atomic E-state index is -1.05. The average Bonchev–Trinajstić information content (AvgIpc) is 3.91. The number of amides is 2. The molecule has 1 saturated carbocycles. The Morgan fingerprint density at radius 3 is 2.54 bits per heavy atom. The molecule has 76 heavy (non-hydrogen) atoms. The van der Waals surface area contributed by atoms with Gasteiger partial charge in [0.2, 0.25) is 5.91 Å². The molecule has 7 fully saturated rings. The number of benzene rings is 1. The molecule has 18 nitrogen and oxygen atoms in total. The van der Waals surface area contributed by atoms with Gasteiger partial charge in [-0.2, -0.15) is 0 Å². The molecule has 2 amide bonds. The van der Waals surface area contributed by atoms with Crippen molar-refractivity contribution in [2.45, 2.75) is 153 Å². The second-order valence-electron chi connectivity index (χ2n) is 23.6.